The number of ether oxygens (including phenoxy) is 1. The average molecular weight is 290 g/mol. The van der Waals surface area contributed by atoms with E-state index in [2.05, 4.69) is 5.32 Å². The SMILES string of the molecule is CC(C)(C)OC(=O)Nc1ccc(S(N)(=O)=O)c(F)c1. The molecule has 0 aliphatic heterocycles. The summed E-state index contributed by atoms with van der Waals surface area (Å²) < 4.78 is 40.4. The van der Waals surface area contributed by atoms with E-state index in [-0.39, 0.29) is 5.69 Å². The number of hydrogen-bond acceptors (Lipinski definition) is 4. The molecule has 6 nitrogen and oxygen atoms in total. The van der Waals surface area contributed by atoms with Crippen LogP contribution in [0, 0.1) is 5.82 Å². The molecular weight excluding hydrogens is 275 g/mol. The third kappa shape index (κ3) is 4.84. The molecule has 0 spiro atoms. The Balaban J connectivity index is 2.89. The fraction of sp³-hybridized carbons (Fsp3) is 0.364. The number of rotatable bonds is 2. The first kappa shape index (κ1) is 15.4. The summed E-state index contributed by atoms with van der Waals surface area (Å²) in [6.45, 7) is 5.03. The van der Waals surface area contributed by atoms with Gasteiger partial charge in [-0.15, -0.1) is 0 Å². The lowest BCUT2D eigenvalue weighted by atomic mass is 10.2. The molecule has 0 atom stereocenters. The standard InChI is InChI=1S/C11H15FN2O4S/c1-11(2,3)18-10(15)14-7-4-5-9(8(12)6-7)19(13,16)17/h4-6H,1-3H3,(H,14,15)(H2,13,16,17). The number of benzene rings is 1. The first-order valence-electron chi connectivity index (χ1n) is 5.31. The number of carbonyl (C=O) groups is 1. The van der Waals surface area contributed by atoms with Gasteiger partial charge >= 0.3 is 6.09 Å². The molecule has 0 saturated carbocycles. The van der Waals surface area contributed by atoms with Crippen molar-refractivity contribution in [2.75, 3.05) is 5.32 Å². The maximum absolute atomic E-state index is 13.5. The van der Waals surface area contributed by atoms with Crippen LogP contribution in [0.2, 0.25) is 0 Å². The summed E-state index contributed by atoms with van der Waals surface area (Å²) in [5.41, 5.74) is -0.623. The molecule has 106 valence electrons. The van der Waals surface area contributed by atoms with Crippen molar-refractivity contribution in [3.63, 3.8) is 0 Å². The van der Waals surface area contributed by atoms with Crippen LogP contribution < -0.4 is 10.5 Å². The van der Waals surface area contributed by atoms with Crippen LogP contribution in [0.25, 0.3) is 0 Å². The molecule has 0 radical (unpaired) electrons. The summed E-state index contributed by atoms with van der Waals surface area (Å²) in [7, 11) is -4.13. The zero-order chi connectivity index (χ0) is 14.8. The van der Waals surface area contributed by atoms with E-state index in [9.17, 15) is 17.6 Å². The Kier molecular flexibility index (Phi) is 4.16. The van der Waals surface area contributed by atoms with Crippen molar-refractivity contribution >= 4 is 21.8 Å². The van der Waals surface area contributed by atoms with E-state index in [1.165, 1.54) is 6.07 Å². The van der Waals surface area contributed by atoms with Crippen molar-refractivity contribution in [2.24, 2.45) is 5.14 Å². The maximum atomic E-state index is 13.5. The summed E-state index contributed by atoms with van der Waals surface area (Å²) in [6, 6.07) is 3.04. The van der Waals surface area contributed by atoms with E-state index in [4.69, 9.17) is 9.88 Å². The van der Waals surface area contributed by atoms with E-state index < -0.39 is 32.4 Å². The smallest absolute Gasteiger partial charge is 0.412 e. The lowest BCUT2D eigenvalue weighted by Gasteiger charge is -2.19. The molecular formula is C11H15FN2O4S. The Bertz CT molecular complexity index is 593. The highest BCUT2D eigenvalue weighted by atomic mass is 32.2. The Hall–Kier alpha value is -1.67. The number of anilines is 1. The van der Waals surface area contributed by atoms with Crippen molar-refractivity contribution in [1.82, 2.24) is 0 Å². The predicted octanol–water partition coefficient (Wildman–Crippen LogP) is 1.82. The second-order valence-electron chi connectivity index (χ2n) is 4.82. The third-order valence-corrected chi connectivity index (χ3v) is 2.83. The van der Waals surface area contributed by atoms with Gasteiger partial charge in [-0.2, -0.15) is 0 Å². The minimum atomic E-state index is -4.13. The first-order valence-corrected chi connectivity index (χ1v) is 6.86. The van der Waals surface area contributed by atoms with Crippen molar-refractivity contribution in [2.45, 2.75) is 31.3 Å². The fourth-order valence-electron chi connectivity index (χ4n) is 1.23. The molecule has 0 unspecified atom stereocenters. The quantitative estimate of drug-likeness (QED) is 0.867. The summed E-state index contributed by atoms with van der Waals surface area (Å²) >= 11 is 0. The molecule has 0 heterocycles. The monoisotopic (exact) mass is 290 g/mol. The summed E-state index contributed by atoms with van der Waals surface area (Å²) in [6.07, 6.45) is -0.768. The molecule has 8 heteroatoms. The van der Waals surface area contributed by atoms with E-state index in [0.29, 0.717) is 0 Å². The van der Waals surface area contributed by atoms with Gasteiger partial charge in [0.25, 0.3) is 0 Å². The number of hydrogen-bond donors (Lipinski definition) is 2. The van der Waals surface area contributed by atoms with Crippen LogP contribution in [-0.2, 0) is 14.8 Å². The van der Waals surface area contributed by atoms with Crippen LogP contribution in [0.15, 0.2) is 23.1 Å². The highest BCUT2D eigenvalue weighted by Gasteiger charge is 2.18. The topological polar surface area (TPSA) is 98.5 Å². The van der Waals surface area contributed by atoms with Crippen LogP contribution in [0.5, 0.6) is 0 Å². The fourth-order valence-corrected chi connectivity index (χ4v) is 1.82. The van der Waals surface area contributed by atoms with Crippen molar-refractivity contribution in [3.05, 3.63) is 24.0 Å². The molecule has 1 rings (SSSR count). The van der Waals surface area contributed by atoms with Crippen LogP contribution in [0.3, 0.4) is 0 Å². The number of nitrogens with two attached hydrogens (primary N) is 1. The molecule has 0 aromatic heterocycles. The summed E-state index contributed by atoms with van der Waals surface area (Å²) in [5.74, 6) is -1.05. The number of halogens is 1. The third-order valence-electron chi connectivity index (χ3n) is 1.88. The Morgan fingerprint density at radius 1 is 1.37 bits per heavy atom. The minimum Gasteiger partial charge on any atom is -0.444 e. The molecule has 0 saturated heterocycles. The van der Waals surface area contributed by atoms with Crippen molar-refractivity contribution in [1.29, 1.82) is 0 Å². The van der Waals surface area contributed by atoms with E-state index in [1.807, 2.05) is 0 Å². The zero-order valence-electron chi connectivity index (χ0n) is 10.7. The molecule has 0 aliphatic rings. The van der Waals surface area contributed by atoms with E-state index in [1.54, 1.807) is 20.8 Å². The molecule has 1 aromatic carbocycles. The molecule has 19 heavy (non-hydrogen) atoms. The van der Waals surface area contributed by atoms with Gasteiger partial charge in [-0.05, 0) is 39.0 Å². The molecule has 3 N–H and O–H groups in total. The van der Waals surface area contributed by atoms with Crippen LogP contribution in [-0.4, -0.2) is 20.1 Å². The molecule has 0 fully saturated rings. The van der Waals surface area contributed by atoms with Gasteiger partial charge in [0.1, 0.15) is 16.3 Å². The first-order chi connectivity index (χ1) is 8.49. The van der Waals surface area contributed by atoms with Gasteiger partial charge in [0.05, 0.1) is 0 Å². The van der Waals surface area contributed by atoms with Crippen LogP contribution in [0.1, 0.15) is 20.8 Å². The number of nitrogens with one attached hydrogen (secondary N) is 1. The second kappa shape index (κ2) is 5.14. The molecule has 1 amide bonds. The lowest BCUT2D eigenvalue weighted by Crippen LogP contribution is -2.27. The highest BCUT2D eigenvalue weighted by molar-refractivity contribution is 7.89. The summed E-state index contributed by atoms with van der Waals surface area (Å²) in [5, 5.41) is 7.09. The van der Waals surface area contributed by atoms with Gasteiger partial charge in [-0.3, -0.25) is 5.32 Å². The number of carbonyl (C=O) groups excluding carboxylic acids is 1. The minimum absolute atomic E-state index is 0.0687. The van der Waals surface area contributed by atoms with Gasteiger partial charge in [-0.1, -0.05) is 0 Å². The van der Waals surface area contributed by atoms with Gasteiger partial charge < -0.3 is 4.74 Å². The van der Waals surface area contributed by atoms with Gasteiger partial charge in [0.15, 0.2) is 0 Å². The van der Waals surface area contributed by atoms with Gasteiger partial charge in [0, 0.05) is 5.69 Å². The Labute approximate surface area is 110 Å². The van der Waals surface area contributed by atoms with Crippen molar-refractivity contribution < 1.29 is 22.3 Å². The second-order valence-corrected chi connectivity index (χ2v) is 6.35. The lowest BCUT2D eigenvalue weighted by molar-refractivity contribution is 0.0636. The Morgan fingerprint density at radius 3 is 2.37 bits per heavy atom. The molecule has 0 aliphatic carbocycles. The summed E-state index contributed by atoms with van der Waals surface area (Å²) in [4.78, 5) is 10.8. The van der Waals surface area contributed by atoms with Crippen LogP contribution in [0.4, 0.5) is 14.9 Å². The number of amides is 1. The average Bonchev–Trinajstić information content (AvgIpc) is 2.11. The maximum Gasteiger partial charge on any atom is 0.412 e. The Morgan fingerprint density at radius 2 is 1.95 bits per heavy atom. The van der Waals surface area contributed by atoms with E-state index >= 15 is 0 Å². The number of primary sulfonamides is 1. The van der Waals surface area contributed by atoms with Gasteiger partial charge in [0.2, 0.25) is 10.0 Å². The van der Waals surface area contributed by atoms with Crippen molar-refractivity contribution in [3.8, 4) is 0 Å². The van der Waals surface area contributed by atoms with Gasteiger partial charge in [-0.25, -0.2) is 22.7 Å². The van der Waals surface area contributed by atoms with Crippen LogP contribution >= 0.6 is 0 Å². The zero-order valence-corrected chi connectivity index (χ0v) is 11.5. The molecule has 1 aromatic rings. The highest BCUT2D eigenvalue weighted by Crippen LogP contribution is 2.18. The normalized spacial score (nSPS) is 12.1. The number of sulfonamides is 1. The largest absolute Gasteiger partial charge is 0.444 e. The molecule has 0 bridgehead atoms. The van der Waals surface area contributed by atoms with E-state index in [0.717, 1.165) is 12.1 Å². The predicted molar refractivity (Wildman–Crippen MR) is 67.6 cm³/mol.